The first-order valence-electron chi connectivity index (χ1n) is 5.86. The topological polar surface area (TPSA) is 108 Å². The van der Waals surface area contributed by atoms with Gasteiger partial charge in [0, 0.05) is 43.9 Å². The van der Waals surface area contributed by atoms with E-state index in [1.807, 2.05) is 0 Å². The summed E-state index contributed by atoms with van der Waals surface area (Å²) in [6, 6.07) is 2.55. The average Bonchev–Trinajstić information content (AvgIpc) is 2.39. The van der Waals surface area contributed by atoms with Crippen LogP contribution in [-0.4, -0.2) is 40.7 Å². The van der Waals surface area contributed by atoms with Gasteiger partial charge >= 0.3 is 5.97 Å². The number of hydrogen-bond donors (Lipinski definition) is 3. The van der Waals surface area contributed by atoms with Crippen molar-refractivity contribution >= 4 is 11.9 Å². The molecule has 7 nitrogen and oxygen atoms in total. The number of aliphatic carboxylic acids is 1. The van der Waals surface area contributed by atoms with Gasteiger partial charge in [-0.3, -0.25) is 9.59 Å². The number of amides is 1. The highest BCUT2D eigenvalue weighted by Crippen LogP contribution is 2.21. The lowest BCUT2D eigenvalue weighted by Crippen LogP contribution is -2.57. The number of ether oxygens (including phenoxy) is 1. The first-order valence-corrected chi connectivity index (χ1v) is 5.86. The van der Waals surface area contributed by atoms with E-state index in [0.29, 0.717) is 0 Å². The summed E-state index contributed by atoms with van der Waals surface area (Å²) < 4.78 is 5.11. The lowest BCUT2D eigenvalue weighted by molar-refractivity contribution is -0.148. The van der Waals surface area contributed by atoms with Crippen LogP contribution in [0.1, 0.15) is 23.2 Å². The Hall–Kier alpha value is -2.15. The van der Waals surface area contributed by atoms with Gasteiger partial charge in [0.1, 0.15) is 5.54 Å². The Morgan fingerprint density at radius 2 is 2.05 bits per heavy atom. The second-order valence-electron chi connectivity index (χ2n) is 4.40. The Kier molecular flexibility index (Phi) is 3.66. The van der Waals surface area contributed by atoms with Crippen molar-refractivity contribution in [3.8, 4) is 0 Å². The molecular formula is C12H14N2O5. The van der Waals surface area contributed by atoms with E-state index in [4.69, 9.17) is 4.74 Å². The Bertz CT molecular complexity index is 545. The van der Waals surface area contributed by atoms with Crippen molar-refractivity contribution < 1.29 is 19.4 Å². The zero-order chi connectivity index (χ0) is 13.9. The number of carbonyl (C=O) groups is 2. The van der Waals surface area contributed by atoms with Gasteiger partial charge in [0.2, 0.25) is 5.56 Å². The number of aromatic nitrogens is 1. The van der Waals surface area contributed by atoms with Crippen LogP contribution in [0.2, 0.25) is 0 Å². The van der Waals surface area contributed by atoms with Crippen LogP contribution in [0.25, 0.3) is 0 Å². The van der Waals surface area contributed by atoms with Gasteiger partial charge < -0.3 is 20.1 Å². The number of carboxylic acids is 1. The number of hydrogen-bond acceptors (Lipinski definition) is 4. The second-order valence-corrected chi connectivity index (χ2v) is 4.40. The monoisotopic (exact) mass is 266 g/mol. The van der Waals surface area contributed by atoms with Crippen LogP contribution < -0.4 is 10.9 Å². The summed E-state index contributed by atoms with van der Waals surface area (Å²) >= 11 is 0. The van der Waals surface area contributed by atoms with E-state index in [2.05, 4.69) is 10.3 Å². The van der Waals surface area contributed by atoms with E-state index < -0.39 is 23.0 Å². The number of rotatable bonds is 3. The van der Waals surface area contributed by atoms with Gasteiger partial charge in [-0.2, -0.15) is 0 Å². The third-order valence-corrected chi connectivity index (χ3v) is 3.15. The minimum atomic E-state index is -1.32. The van der Waals surface area contributed by atoms with Crippen molar-refractivity contribution in [2.45, 2.75) is 18.4 Å². The summed E-state index contributed by atoms with van der Waals surface area (Å²) in [6.45, 7) is 0.559. The number of aromatic amines is 1. The number of nitrogens with one attached hydrogen (secondary N) is 2. The molecule has 1 saturated heterocycles. The van der Waals surface area contributed by atoms with Gasteiger partial charge in [-0.25, -0.2) is 4.79 Å². The molecular weight excluding hydrogens is 252 g/mol. The number of carboxylic acid groups (broad SMARTS) is 1. The van der Waals surface area contributed by atoms with Crippen molar-refractivity contribution in [2.24, 2.45) is 0 Å². The maximum atomic E-state index is 12.0. The van der Waals surface area contributed by atoms with Crippen molar-refractivity contribution in [1.82, 2.24) is 10.3 Å². The fourth-order valence-corrected chi connectivity index (χ4v) is 1.99. The molecule has 2 heterocycles. The van der Waals surface area contributed by atoms with E-state index in [-0.39, 0.29) is 31.6 Å². The third-order valence-electron chi connectivity index (χ3n) is 3.15. The molecule has 0 saturated carbocycles. The molecule has 0 radical (unpaired) electrons. The summed E-state index contributed by atoms with van der Waals surface area (Å²) in [5.41, 5.74) is -1.60. The molecule has 1 fully saturated rings. The van der Waals surface area contributed by atoms with E-state index in [0.717, 1.165) is 6.07 Å². The summed E-state index contributed by atoms with van der Waals surface area (Å²) in [5.74, 6) is -1.66. The minimum absolute atomic E-state index is 0.135. The van der Waals surface area contributed by atoms with Gasteiger partial charge in [-0.05, 0) is 6.07 Å². The molecule has 0 aliphatic carbocycles. The summed E-state index contributed by atoms with van der Waals surface area (Å²) in [5, 5.41) is 11.8. The molecule has 1 aliphatic rings. The van der Waals surface area contributed by atoms with Gasteiger partial charge in [0.15, 0.2) is 0 Å². The van der Waals surface area contributed by atoms with Crippen LogP contribution in [0.4, 0.5) is 0 Å². The van der Waals surface area contributed by atoms with Crippen molar-refractivity contribution in [1.29, 1.82) is 0 Å². The fourth-order valence-electron chi connectivity index (χ4n) is 1.99. The highest BCUT2D eigenvalue weighted by atomic mass is 16.5. The molecule has 2 rings (SSSR count). The Morgan fingerprint density at radius 1 is 1.37 bits per heavy atom. The lowest BCUT2D eigenvalue weighted by Gasteiger charge is -2.33. The molecule has 0 unspecified atom stereocenters. The van der Waals surface area contributed by atoms with E-state index in [1.165, 1.54) is 12.3 Å². The van der Waals surface area contributed by atoms with Gasteiger partial charge in [0.05, 0.1) is 0 Å². The van der Waals surface area contributed by atoms with Crippen LogP contribution in [0.5, 0.6) is 0 Å². The molecule has 7 heteroatoms. The molecule has 3 N–H and O–H groups in total. The largest absolute Gasteiger partial charge is 0.480 e. The van der Waals surface area contributed by atoms with Crippen molar-refractivity contribution in [3.63, 3.8) is 0 Å². The van der Waals surface area contributed by atoms with Crippen LogP contribution >= 0.6 is 0 Å². The van der Waals surface area contributed by atoms with Gasteiger partial charge in [0.25, 0.3) is 5.91 Å². The quantitative estimate of drug-likeness (QED) is 0.698. The van der Waals surface area contributed by atoms with E-state index in [9.17, 15) is 19.5 Å². The highest BCUT2D eigenvalue weighted by Gasteiger charge is 2.41. The van der Waals surface area contributed by atoms with Crippen molar-refractivity contribution in [3.05, 3.63) is 34.2 Å². The highest BCUT2D eigenvalue weighted by molar-refractivity contribution is 5.97. The molecule has 1 aromatic heterocycles. The van der Waals surface area contributed by atoms with Crippen LogP contribution in [0.3, 0.4) is 0 Å². The molecule has 0 aromatic carbocycles. The average molecular weight is 266 g/mol. The van der Waals surface area contributed by atoms with Crippen LogP contribution in [-0.2, 0) is 9.53 Å². The lowest BCUT2D eigenvalue weighted by atomic mass is 9.90. The first-order chi connectivity index (χ1) is 9.03. The second kappa shape index (κ2) is 5.23. The third kappa shape index (κ3) is 2.82. The van der Waals surface area contributed by atoms with Gasteiger partial charge in [-0.15, -0.1) is 0 Å². The number of carbonyl (C=O) groups excluding carboxylic acids is 1. The maximum absolute atomic E-state index is 12.0. The van der Waals surface area contributed by atoms with Crippen LogP contribution in [0, 0.1) is 0 Å². The molecule has 1 aliphatic heterocycles. The van der Waals surface area contributed by atoms with Gasteiger partial charge in [-0.1, -0.05) is 0 Å². The number of H-pyrrole nitrogens is 1. The minimum Gasteiger partial charge on any atom is -0.480 e. The molecule has 0 spiro atoms. The normalized spacial score (nSPS) is 17.7. The molecule has 102 valence electrons. The predicted molar refractivity (Wildman–Crippen MR) is 64.9 cm³/mol. The fraction of sp³-hybridized carbons (Fsp3) is 0.417. The summed E-state index contributed by atoms with van der Waals surface area (Å²) in [7, 11) is 0. The maximum Gasteiger partial charge on any atom is 0.329 e. The smallest absolute Gasteiger partial charge is 0.329 e. The molecule has 1 amide bonds. The molecule has 1 aromatic rings. The Morgan fingerprint density at radius 3 is 2.63 bits per heavy atom. The molecule has 0 bridgehead atoms. The standard InChI is InChI=1S/C12H14N2O5/c15-9-7-8(1-4-13-9)10(16)14-12(11(17)18)2-5-19-6-3-12/h1,4,7H,2-3,5-6H2,(H,13,15)(H,14,16)(H,17,18). The predicted octanol–water partition coefficient (Wildman–Crippen LogP) is -0.262. The SMILES string of the molecule is O=C(NC1(C(=O)O)CCOCC1)c1cc[nH]c(=O)c1. The Labute approximate surface area is 108 Å². The summed E-state index contributed by atoms with van der Waals surface area (Å²) in [4.78, 5) is 36.9. The summed E-state index contributed by atoms with van der Waals surface area (Å²) in [6.07, 6.45) is 1.75. The Balaban J connectivity index is 2.20. The molecule has 0 atom stereocenters. The van der Waals surface area contributed by atoms with E-state index >= 15 is 0 Å². The molecule has 19 heavy (non-hydrogen) atoms. The van der Waals surface area contributed by atoms with Crippen molar-refractivity contribution in [2.75, 3.05) is 13.2 Å². The first kappa shape index (κ1) is 13.3. The zero-order valence-corrected chi connectivity index (χ0v) is 10.1. The van der Waals surface area contributed by atoms with Crippen LogP contribution in [0.15, 0.2) is 23.1 Å². The number of pyridine rings is 1. The van der Waals surface area contributed by atoms with E-state index in [1.54, 1.807) is 0 Å². The zero-order valence-electron chi connectivity index (χ0n) is 10.1.